The van der Waals surface area contributed by atoms with Crippen LogP contribution >= 0.6 is 0 Å². The Morgan fingerprint density at radius 2 is 1.67 bits per heavy atom. The van der Waals surface area contributed by atoms with Gasteiger partial charge in [0, 0.05) is 12.3 Å². The number of hydrogen-bond donors (Lipinski definition) is 0. The largest absolute Gasteiger partial charge is 0.469 e. The van der Waals surface area contributed by atoms with Gasteiger partial charge in [-0.05, 0) is 6.42 Å². The fourth-order valence-corrected chi connectivity index (χ4v) is 2.53. The third-order valence-electron chi connectivity index (χ3n) is 3.72. The minimum Gasteiger partial charge on any atom is -0.469 e. The molecule has 0 saturated carbocycles. The number of terminal acetylenes is 1. The first-order valence-electron chi connectivity index (χ1n) is 6.36. The van der Waals surface area contributed by atoms with Crippen molar-refractivity contribution in [2.75, 3.05) is 21.3 Å². The molecule has 0 heterocycles. The van der Waals surface area contributed by atoms with Gasteiger partial charge >= 0.3 is 17.9 Å². The van der Waals surface area contributed by atoms with Crippen molar-refractivity contribution in [3.8, 4) is 12.3 Å². The van der Waals surface area contributed by atoms with Crippen LogP contribution in [0.3, 0.4) is 0 Å². The lowest BCUT2D eigenvalue weighted by Gasteiger charge is -2.40. The summed E-state index contributed by atoms with van der Waals surface area (Å²) in [5.74, 6) is -1.08. The van der Waals surface area contributed by atoms with Gasteiger partial charge in [0.05, 0.1) is 27.2 Å². The molecule has 0 unspecified atom stereocenters. The third kappa shape index (κ3) is 2.77. The lowest BCUT2D eigenvalue weighted by molar-refractivity contribution is -0.176. The second-order valence-corrected chi connectivity index (χ2v) is 4.62. The predicted octanol–water partition coefficient (Wildman–Crippen LogP) is 0.707. The van der Waals surface area contributed by atoms with Gasteiger partial charge in [-0.3, -0.25) is 14.4 Å². The van der Waals surface area contributed by atoms with Crippen molar-refractivity contribution in [2.45, 2.75) is 12.8 Å². The fourth-order valence-electron chi connectivity index (χ4n) is 2.53. The van der Waals surface area contributed by atoms with Gasteiger partial charge in [-0.15, -0.1) is 12.3 Å². The summed E-state index contributed by atoms with van der Waals surface area (Å²) >= 11 is 0. The van der Waals surface area contributed by atoms with Crippen LogP contribution in [0.1, 0.15) is 12.8 Å². The minimum atomic E-state index is -1.64. The zero-order valence-electron chi connectivity index (χ0n) is 12.3. The molecule has 1 rings (SSSR count). The Kier molecular flexibility index (Phi) is 5.53. The van der Waals surface area contributed by atoms with E-state index < -0.39 is 35.2 Å². The number of ether oxygens (including phenoxy) is 3. The van der Waals surface area contributed by atoms with Crippen LogP contribution in [0.25, 0.3) is 0 Å². The van der Waals surface area contributed by atoms with Crippen molar-refractivity contribution in [1.29, 1.82) is 0 Å². The van der Waals surface area contributed by atoms with E-state index >= 15 is 0 Å². The van der Waals surface area contributed by atoms with Gasteiger partial charge in [0.25, 0.3) is 0 Å². The molecule has 21 heavy (non-hydrogen) atoms. The highest BCUT2D eigenvalue weighted by molar-refractivity contribution is 6.02. The van der Waals surface area contributed by atoms with Gasteiger partial charge in [0.2, 0.25) is 0 Å². The molecular weight excluding hydrogens is 276 g/mol. The first kappa shape index (κ1) is 16.8. The van der Waals surface area contributed by atoms with Gasteiger partial charge in [-0.1, -0.05) is 12.2 Å². The molecule has 0 amide bonds. The highest BCUT2D eigenvalue weighted by Gasteiger charge is 2.58. The van der Waals surface area contributed by atoms with Gasteiger partial charge < -0.3 is 14.2 Å². The van der Waals surface area contributed by atoms with Gasteiger partial charge in [0.1, 0.15) is 0 Å². The van der Waals surface area contributed by atoms with E-state index in [9.17, 15) is 14.4 Å². The van der Waals surface area contributed by atoms with E-state index in [0.29, 0.717) is 0 Å². The van der Waals surface area contributed by atoms with Crippen molar-refractivity contribution in [3.63, 3.8) is 0 Å². The summed E-state index contributed by atoms with van der Waals surface area (Å²) in [5.41, 5.74) is -1.64. The fraction of sp³-hybridized carbons (Fsp3) is 0.533. The van der Waals surface area contributed by atoms with E-state index in [1.807, 2.05) is 0 Å². The molecule has 0 fully saturated rings. The van der Waals surface area contributed by atoms with E-state index in [0.717, 1.165) is 0 Å². The summed E-state index contributed by atoms with van der Waals surface area (Å²) in [7, 11) is 3.59. The molecule has 1 aliphatic carbocycles. The summed E-state index contributed by atoms with van der Waals surface area (Å²) in [5, 5.41) is 0. The van der Waals surface area contributed by atoms with Crippen LogP contribution in [0.15, 0.2) is 12.2 Å². The number of methoxy groups -OCH3 is 3. The maximum Gasteiger partial charge on any atom is 0.323 e. The van der Waals surface area contributed by atoms with Crippen LogP contribution in [-0.2, 0) is 28.6 Å². The maximum atomic E-state index is 12.3. The summed E-state index contributed by atoms with van der Waals surface area (Å²) in [6.07, 6.45) is 8.62. The van der Waals surface area contributed by atoms with E-state index in [1.165, 1.54) is 21.3 Å². The van der Waals surface area contributed by atoms with E-state index in [-0.39, 0.29) is 12.8 Å². The molecule has 6 nitrogen and oxygen atoms in total. The molecule has 0 bridgehead atoms. The Morgan fingerprint density at radius 3 is 2.00 bits per heavy atom. The normalized spacial score (nSPS) is 19.9. The van der Waals surface area contributed by atoms with E-state index in [2.05, 4.69) is 10.7 Å². The van der Waals surface area contributed by atoms with Crippen molar-refractivity contribution < 1.29 is 28.6 Å². The number of esters is 3. The van der Waals surface area contributed by atoms with E-state index in [4.69, 9.17) is 15.9 Å². The van der Waals surface area contributed by atoms with Gasteiger partial charge in [0.15, 0.2) is 5.41 Å². The van der Waals surface area contributed by atoms with Crippen molar-refractivity contribution in [3.05, 3.63) is 12.2 Å². The van der Waals surface area contributed by atoms with Gasteiger partial charge in [-0.2, -0.15) is 0 Å². The van der Waals surface area contributed by atoms with Crippen LogP contribution in [0.2, 0.25) is 0 Å². The van der Waals surface area contributed by atoms with Crippen molar-refractivity contribution in [2.24, 2.45) is 17.3 Å². The second-order valence-electron chi connectivity index (χ2n) is 4.62. The monoisotopic (exact) mass is 294 g/mol. The summed E-state index contributed by atoms with van der Waals surface area (Å²) in [4.78, 5) is 36.2. The van der Waals surface area contributed by atoms with Crippen LogP contribution in [0.5, 0.6) is 0 Å². The highest BCUT2D eigenvalue weighted by atomic mass is 16.5. The zero-order valence-corrected chi connectivity index (χ0v) is 12.3. The van der Waals surface area contributed by atoms with Crippen LogP contribution < -0.4 is 0 Å². The molecule has 114 valence electrons. The standard InChI is InChI=1S/C15H18O6/c1-5-6-9-15(13(17)20-3,14(18)21-4)11-8-7-10(11)12(16)19-2/h1,7-8,10-11H,6,9H2,2-4H3/t10-,11+/m0/s1. The zero-order chi connectivity index (χ0) is 16.0. The average molecular weight is 294 g/mol. The topological polar surface area (TPSA) is 78.9 Å². The number of carbonyl (C=O) groups excluding carboxylic acids is 3. The molecule has 6 heteroatoms. The van der Waals surface area contributed by atoms with E-state index in [1.54, 1.807) is 12.2 Å². The van der Waals surface area contributed by atoms with Crippen LogP contribution in [0.4, 0.5) is 0 Å². The minimum absolute atomic E-state index is 0.0331. The maximum absolute atomic E-state index is 12.3. The molecular formula is C15H18O6. The Hall–Kier alpha value is -2.29. The first-order chi connectivity index (χ1) is 9.99. The van der Waals surface area contributed by atoms with Crippen molar-refractivity contribution in [1.82, 2.24) is 0 Å². The molecule has 0 aromatic carbocycles. The van der Waals surface area contributed by atoms with Crippen LogP contribution in [0, 0.1) is 29.6 Å². The first-order valence-corrected chi connectivity index (χ1v) is 6.36. The Morgan fingerprint density at radius 1 is 1.10 bits per heavy atom. The average Bonchev–Trinajstić information content (AvgIpc) is 2.47. The van der Waals surface area contributed by atoms with Crippen molar-refractivity contribution >= 4 is 17.9 Å². The SMILES string of the molecule is C#CCCC(C(=O)OC)(C(=O)OC)[C@@H]1C=C[C@@H]1C(=O)OC. The molecule has 0 radical (unpaired) electrons. The molecule has 0 aromatic rings. The third-order valence-corrected chi connectivity index (χ3v) is 3.72. The molecule has 0 spiro atoms. The molecule has 0 saturated heterocycles. The Bertz CT molecular complexity index is 483. The Balaban J connectivity index is 3.26. The lowest BCUT2D eigenvalue weighted by atomic mass is 9.62. The smallest absolute Gasteiger partial charge is 0.323 e. The van der Waals surface area contributed by atoms with Crippen LogP contribution in [-0.4, -0.2) is 39.2 Å². The summed E-state index contributed by atoms with van der Waals surface area (Å²) in [6, 6.07) is 0. The quantitative estimate of drug-likeness (QED) is 0.236. The molecule has 0 N–H and O–H groups in total. The molecule has 2 atom stereocenters. The molecule has 0 aliphatic heterocycles. The number of allylic oxidation sites excluding steroid dienone is 1. The number of hydrogen-bond acceptors (Lipinski definition) is 6. The molecule has 1 aliphatic rings. The van der Waals surface area contributed by atoms with Gasteiger partial charge in [-0.25, -0.2) is 0 Å². The Labute approximate surface area is 123 Å². The summed E-state index contributed by atoms with van der Waals surface area (Å²) < 4.78 is 14.2. The second kappa shape index (κ2) is 6.93. The highest BCUT2D eigenvalue weighted by Crippen LogP contribution is 2.46. The predicted molar refractivity (Wildman–Crippen MR) is 72.7 cm³/mol. The lowest BCUT2D eigenvalue weighted by Crippen LogP contribution is -2.52. The summed E-state index contributed by atoms with van der Waals surface area (Å²) in [6.45, 7) is 0. The number of rotatable bonds is 6. The molecule has 0 aromatic heterocycles. The number of carbonyl (C=O) groups is 3.